The zero-order valence-corrected chi connectivity index (χ0v) is 17.2. The van der Waals surface area contributed by atoms with Gasteiger partial charge in [0.05, 0.1) is 27.2 Å². The molecule has 0 saturated heterocycles. The van der Waals surface area contributed by atoms with Gasteiger partial charge in [0.2, 0.25) is 0 Å². The van der Waals surface area contributed by atoms with Gasteiger partial charge in [-0.05, 0) is 25.7 Å². The van der Waals surface area contributed by atoms with Crippen molar-refractivity contribution in [1.29, 1.82) is 0 Å². The standard InChI is InChI=1S/C21H44NO3/c1-4-5-6-7-8-9-10-11-12-16-19-25-21(24)17-14-13-15-18-22(2,3)20-23/h23H,4-20H2,1-3H3/q+1. The monoisotopic (exact) mass is 358 g/mol. The fraction of sp³-hybridized carbons (Fsp3) is 0.952. The number of aliphatic hydroxyl groups is 1. The number of quaternary nitrogens is 1. The van der Waals surface area contributed by atoms with E-state index in [1.165, 1.54) is 57.8 Å². The number of unbranched alkanes of at least 4 members (excludes halogenated alkanes) is 11. The zero-order valence-electron chi connectivity index (χ0n) is 17.2. The molecule has 0 aliphatic rings. The minimum atomic E-state index is -0.0492. The van der Waals surface area contributed by atoms with Crippen molar-refractivity contribution < 1.29 is 19.1 Å². The summed E-state index contributed by atoms with van der Waals surface area (Å²) in [5.74, 6) is -0.0492. The SMILES string of the molecule is CCCCCCCCCCCCOC(=O)CCCCC[N+](C)(C)CO. The Morgan fingerprint density at radius 1 is 0.800 bits per heavy atom. The summed E-state index contributed by atoms with van der Waals surface area (Å²) < 4.78 is 5.93. The summed E-state index contributed by atoms with van der Waals surface area (Å²) in [4.78, 5) is 11.7. The van der Waals surface area contributed by atoms with Gasteiger partial charge in [0.1, 0.15) is 0 Å². The summed E-state index contributed by atoms with van der Waals surface area (Å²) >= 11 is 0. The molecule has 0 radical (unpaired) electrons. The molecule has 0 aliphatic carbocycles. The third-order valence-corrected chi connectivity index (χ3v) is 4.79. The molecule has 1 N–H and O–H groups in total. The predicted molar refractivity (Wildman–Crippen MR) is 105 cm³/mol. The van der Waals surface area contributed by atoms with E-state index in [1.54, 1.807) is 0 Å². The van der Waals surface area contributed by atoms with Crippen LogP contribution in [0.5, 0.6) is 0 Å². The van der Waals surface area contributed by atoms with Gasteiger partial charge < -0.3 is 14.3 Å². The van der Waals surface area contributed by atoms with Crippen LogP contribution in [-0.4, -0.2) is 49.5 Å². The summed E-state index contributed by atoms with van der Waals surface area (Å²) in [6.45, 7) is 3.96. The largest absolute Gasteiger partial charge is 0.466 e. The first kappa shape index (κ1) is 24.4. The van der Waals surface area contributed by atoms with Crippen LogP contribution in [0, 0.1) is 0 Å². The summed E-state index contributed by atoms with van der Waals surface area (Å²) in [6.07, 6.45) is 16.5. The Morgan fingerprint density at radius 3 is 1.88 bits per heavy atom. The first-order valence-corrected chi connectivity index (χ1v) is 10.6. The van der Waals surface area contributed by atoms with E-state index in [9.17, 15) is 4.79 Å². The molecule has 0 rings (SSSR count). The summed E-state index contributed by atoms with van der Waals surface area (Å²) in [7, 11) is 4.03. The van der Waals surface area contributed by atoms with Crippen LogP contribution in [0.4, 0.5) is 0 Å². The highest BCUT2D eigenvalue weighted by Gasteiger charge is 2.12. The van der Waals surface area contributed by atoms with E-state index < -0.39 is 0 Å². The number of aliphatic hydroxyl groups excluding tert-OH is 1. The number of ether oxygens (including phenoxy) is 1. The third-order valence-electron chi connectivity index (χ3n) is 4.79. The Balaban J connectivity index is 3.26. The molecule has 0 atom stereocenters. The fourth-order valence-corrected chi connectivity index (χ4v) is 2.90. The number of rotatable bonds is 18. The van der Waals surface area contributed by atoms with Gasteiger partial charge in [-0.2, -0.15) is 0 Å². The van der Waals surface area contributed by atoms with E-state index in [0.29, 0.717) is 17.5 Å². The number of carbonyl (C=O) groups excluding carboxylic acids is 1. The lowest BCUT2D eigenvalue weighted by molar-refractivity contribution is -0.909. The maximum atomic E-state index is 11.7. The van der Waals surface area contributed by atoms with Crippen molar-refractivity contribution >= 4 is 5.97 Å². The van der Waals surface area contributed by atoms with Crippen LogP contribution >= 0.6 is 0 Å². The first-order valence-electron chi connectivity index (χ1n) is 10.6. The number of esters is 1. The lowest BCUT2D eigenvalue weighted by Crippen LogP contribution is -2.41. The molecule has 0 saturated carbocycles. The van der Waals surface area contributed by atoms with Crippen LogP contribution in [0.1, 0.15) is 96.8 Å². The molecule has 0 fully saturated rings. The Bertz CT molecular complexity index is 306. The molecule has 0 aromatic heterocycles. The lowest BCUT2D eigenvalue weighted by atomic mass is 10.1. The molecule has 0 bridgehead atoms. The van der Waals surface area contributed by atoms with Gasteiger partial charge in [-0.15, -0.1) is 0 Å². The van der Waals surface area contributed by atoms with Gasteiger partial charge >= 0.3 is 5.97 Å². The topological polar surface area (TPSA) is 46.5 Å². The summed E-state index contributed by atoms with van der Waals surface area (Å²) in [6, 6.07) is 0. The maximum Gasteiger partial charge on any atom is 0.305 e. The average Bonchev–Trinajstić information content (AvgIpc) is 2.59. The zero-order chi connectivity index (χ0) is 18.8. The van der Waals surface area contributed by atoms with Crippen molar-refractivity contribution in [2.75, 3.05) is 34.0 Å². The van der Waals surface area contributed by atoms with Crippen LogP contribution in [-0.2, 0) is 9.53 Å². The number of carbonyl (C=O) groups is 1. The Morgan fingerprint density at radius 2 is 1.32 bits per heavy atom. The maximum absolute atomic E-state index is 11.7. The molecule has 0 aromatic rings. The molecule has 0 spiro atoms. The minimum absolute atomic E-state index is 0.0492. The van der Waals surface area contributed by atoms with E-state index in [1.807, 2.05) is 14.1 Å². The van der Waals surface area contributed by atoms with Crippen LogP contribution in [0.25, 0.3) is 0 Å². The normalized spacial score (nSPS) is 11.7. The lowest BCUT2D eigenvalue weighted by Gasteiger charge is -2.26. The van der Waals surface area contributed by atoms with Gasteiger partial charge in [0, 0.05) is 6.42 Å². The van der Waals surface area contributed by atoms with E-state index in [4.69, 9.17) is 9.84 Å². The van der Waals surface area contributed by atoms with E-state index in [-0.39, 0.29) is 12.7 Å². The second kappa shape index (κ2) is 16.8. The Labute approximate surface area is 156 Å². The van der Waals surface area contributed by atoms with Crippen LogP contribution in [0.3, 0.4) is 0 Å². The quantitative estimate of drug-likeness (QED) is 0.162. The molecule has 25 heavy (non-hydrogen) atoms. The van der Waals surface area contributed by atoms with Gasteiger partial charge in [-0.3, -0.25) is 4.79 Å². The molecule has 0 aromatic carbocycles. The van der Waals surface area contributed by atoms with E-state index in [0.717, 1.165) is 32.2 Å². The summed E-state index contributed by atoms with van der Waals surface area (Å²) in [5, 5.41) is 9.17. The Hall–Kier alpha value is -0.610. The average molecular weight is 359 g/mol. The second-order valence-corrected chi connectivity index (χ2v) is 8.01. The van der Waals surface area contributed by atoms with Gasteiger partial charge in [0.25, 0.3) is 0 Å². The van der Waals surface area contributed by atoms with Gasteiger partial charge in [0.15, 0.2) is 6.73 Å². The van der Waals surface area contributed by atoms with Crippen LogP contribution in [0.2, 0.25) is 0 Å². The fourth-order valence-electron chi connectivity index (χ4n) is 2.90. The highest BCUT2D eigenvalue weighted by atomic mass is 16.5. The van der Waals surface area contributed by atoms with E-state index in [2.05, 4.69) is 6.92 Å². The van der Waals surface area contributed by atoms with Crippen LogP contribution in [0.15, 0.2) is 0 Å². The van der Waals surface area contributed by atoms with Crippen molar-refractivity contribution in [2.24, 2.45) is 0 Å². The molecule has 4 heteroatoms. The molecular weight excluding hydrogens is 314 g/mol. The molecule has 150 valence electrons. The molecular formula is C21H44NO3+. The van der Waals surface area contributed by atoms with Crippen molar-refractivity contribution in [1.82, 2.24) is 0 Å². The van der Waals surface area contributed by atoms with E-state index >= 15 is 0 Å². The van der Waals surface area contributed by atoms with Crippen molar-refractivity contribution in [3.8, 4) is 0 Å². The second-order valence-electron chi connectivity index (χ2n) is 8.01. The molecule has 0 heterocycles. The molecule has 4 nitrogen and oxygen atoms in total. The first-order chi connectivity index (χ1) is 12.0. The number of nitrogens with zero attached hydrogens (tertiary/aromatic N) is 1. The highest BCUT2D eigenvalue weighted by Crippen LogP contribution is 2.11. The third kappa shape index (κ3) is 18.0. The smallest absolute Gasteiger partial charge is 0.305 e. The predicted octanol–water partition coefficient (Wildman–Crippen LogP) is 5.04. The number of hydrogen-bond donors (Lipinski definition) is 1. The van der Waals surface area contributed by atoms with Gasteiger partial charge in [-0.1, -0.05) is 64.7 Å². The number of hydrogen-bond acceptors (Lipinski definition) is 3. The van der Waals surface area contributed by atoms with Crippen molar-refractivity contribution in [3.63, 3.8) is 0 Å². The van der Waals surface area contributed by atoms with Crippen LogP contribution < -0.4 is 0 Å². The van der Waals surface area contributed by atoms with Crippen molar-refractivity contribution in [3.05, 3.63) is 0 Å². The Kier molecular flexibility index (Phi) is 16.4. The molecule has 0 aliphatic heterocycles. The molecule has 0 amide bonds. The minimum Gasteiger partial charge on any atom is -0.466 e. The summed E-state index contributed by atoms with van der Waals surface area (Å²) in [5.41, 5.74) is 0. The highest BCUT2D eigenvalue weighted by molar-refractivity contribution is 5.69. The van der Waals surface area contributed by atoms with Gasteiger partial charge in [-0.25, -0.2) is 0 Å². The van der Waals surface area contributed by atoms with Crippen molar-refractivity contribution in [2.45, 2.75) is 96.8 Å². The molecule has 0 unspecified atom stereocenters.